The van der Waals surface area contributed by atoms with Gasteiger partial charge in [0.1, 0.15) is 11.4 Å². The fourth-order valence-electron chi connectivity index (χ4n) is 3.33. The van der Waals surface area contributed by atoms with Crippen molar-refractivity contribution < 1.29 is 14.7 Å². The number of carbonyl (C=O) groups excluding carboxylic acids is 2. The maximum absolute atomic E-state index is 11.9. The standard InChI is InChI=1S/C15H15NO3/c16-14(18)10-8-11-12(17)6-7-15(11,19)13(10)9-4-2-1-3-5-9/h1-5,11,19H,6-8H2,(H2,16,18)/t11-,15-/m1/s1. The first-order chi connectivity index (χ1) is 9.04. The van der Waals surface area contributed by atoms with Gasteiger partial charge < -0.3 is 10.8 Å². The van der Waals surface area contributed by atoms with Crippen molar-refractivity contribution in [2.24, 2.45) is 11.7 Å². The van der Waals surface area contributed by atoms with E-state index < -0.39 is 17.4 Å². The molecule has 0 aromatic heterocycles. The van der Waals surface area contributed by atoms with Crippen molar-refractivity contribution in [1.82, 2.24) is 0 Å². The predicted octanol–water partition coefficient (Wildman–Crippen LogP) is 1.04. The molecule has 0 aliphatic heterocycles. The molecule has 3 rings (SSSR count). The summed E-state index contributed by atoms with van der Waals surface area (Å²) in [4.78, 5) is 23.5. The molecule has 4 heteroatoms. The van der Waals surface area contributed by atoms with Crippen molar-refractivity contribution in [2.45, 2.75) is 24.9 Å². The van der Waals surface area contributed by atoms with Gasteiger partial charge in [-0.3, -0.25) is 9.59 Å². The highest BCUT2D eigenvalue weighted by molar-refractivity contribution is 6.07. The van der Waals surface area contributed by atoms with Gasteiger partial charge in [0.25, 0.3) is 0 Å². The first kappa shape index (κ1) is 12.1. The number of Topliss-reactive ketones (excluding diaryl/α,β-unsaturated/α-hetero) is 1. The number of rotatable bonds is 2. The molecule has 98 valence electrons. The van der Waals surface area contributed by atoms with Gasteiger partial charge >= 0.3 is 0 Å². The molecule has 19 heavy (non-hydrogen) atoms. The van der Waals surface area contributed by atoms with Gasteiger partial charge in [-0.25, -0.2) is 0 Å². The quantitative estimate of drug-likeness (QED) is 0.830. The average Bonchev–Trinajstić information content (AvgIpc) is 2.85. The van der Waals surface area contributed by atoms with Gasteiger partial charge in [0.2, 0.25) is 5.91 Å². The zero-order valence-electron chi connectivity index (χ0n) is 10.4. The molecule has 1 aromatic carbocycles. The Labute approximate surface area is 110 Å². The number of primary amides is 1. The molecule has 0 heterocycles. The maximum Gasteiger partial charge on any atom is 0.245 e. The lowest BCUT2D eigenvalue weighted by atomic mass is 9.85. The third-order valence-electron chi connectivity index (χ3n) is 4.22. The third kappa shape index (κ3) is 1.64. The monoisotopic (exact) mass is 257 g/mol. The summed E-state index contributed by atoms with van der Waals surface area (Å²) in [6.07, 6.45) is 0.996. The van der Waals surface area contributed by atoms with E-state index in [1.807, 2.05) is 30.3 Å². The van der Waals surface area contributed by atoms with Gasteiger partial charge in [-0.1, -0.05) is 30.3 Å². The van der Waals surface area contributed by atoms with Crippen LogP contribution in [0, 0.1) is 5.92 Å². The molecular weight excluding hydrogens is 242 g/mol. The van der Waals surface area contributed by atoms with Crippen LogP contribution in [0.3, 0.4) is 0 Å². The van der Waals surface area contributed by atoms with Crippen molar-refractivity contribution in [3.63, 3.8) is 0 Å². The molecule has 0 unspecified atom stereocenters. The molecule has 0 saturated heterocycles. The Morgan fingerprint density at radius 1 is 1.32 bits per heavy atom. The maximum atomic E-state index is 11.9. The summed E-state index contributed by atoms with van der Waals surface area (Å²) in [5, 5.41) is 10.8. The second kappa shape index (κ2) is 4.03. The molecule has 1 saturated carbocycles. The van der Waals surface area contributed by atoms with E-state index in [9.17, 15) is 14.7 Å². The zero-order valence-corrected chi connectivity index (χ0v) is 10.4. The van der Waals surface area contributed by atoms with E-state index in [1.165, 1.54) is 0 Å². The second-order valence-corrected chi connectivity index (χ2v) is 5.23. The van der Waals surface area contributed by atoms with E-state index in [2.05, 4.69) is 0 Å². The minimum atomic E-state index is -1.22. The molecule has 4 nitrogen and oxygen atoms in total. The topological polar surface area (TPSA) is 80.4 Å². The minimum absolute atomic E-state index is 0.0205. The van der Waals surface area contributed by atoms with E-state index in [0.29, 0.717) is 24.0 Å². The highest BCUT2D eigenvalue weighted by atomic mass is 16.3. The van der Waals surface area contributed by atoms with Gasteiger partial charge in [0.05, 0.1) is 5.92 Å². The normalized spacial score (nSPS) is 29.7. The fraction of sp³-hybridized carbons (Fsp3) is 0.333. The largest absolute Gasteiger partial charge is 0.384 e. The predicted molar refractivity (Wildman–Crippen MR) is 69.9 cm³/mol. The summed E-state index contributed by atoms with van der Waals surface area (Å²) in [5.41, 5.74) is 5.92. The van der Waals surface area contributed by atoms with Gasteiger partial charge in [0, 0.05) is 17.6 Å². The van der Waals surface area contributed by atoms with E-state index in [0.717, 1.165) is 5.56 Å². The number of hydrogen-bond acceptors (Lipinski definition) is 3. The van der Waals surface area contributed by atoms with Crippen molar-refractivity contribution in [2.75, 3.05) is 0 Å². The number of fused-ring (bicyclic) bond motifs is 1. The average molecular weight is 257 g/mol. The molecule has 1 fully saturated rings. The van der Waals surface area contributed by atoms with E-state index in [1.54, 1.807) is 0 Å². The minimum Gasteiger partial charge on any atom is -0.384 e. The SMILES string of the molecule is NC(=O)C1=C(c2ccccc2)[C@@]2(O)CCC(=O)[C@H]2C1. The second-order valence-electron chi connectivity index (χ2n) is 5.23. The Balaban J connectivity index is 2.18. The molecule has 0 spiro atoms. The molecule has 3 N–H and O–H groups in total. The van der Waals surface area contributed by atoms with Crippen LogP contribution in [0.15, 0.2) is 35.9 Å². The van der Waals surface area contributed by atoms with Crippen LogP contribution in [-0.2, 0) is 9.59 Å². The van der Waals surface area contributed by atoms with E-state index >= 15 is 0 Å². The highest BCUT2D eigenvalue weighted by Crippen LogP contribution is 2.52. The summed E-state index contributed by atoms with van der Waals surface area (Å²) in [7, 11) is 0. The van der Waals surface area contributed by atoms with E-state index in [4.69, 9.17) is 5.73 Å². The lowest BCUT2D eigenvalue weighted by Crippen LogP contribution is -2.32. The molecule has 2 aliphatic rings. The number of ketones is 1. The van der Waals surface area contributed by atoms with Crippen molar-refractivity contribution >= 4 is 17.3 Å². The van der Waals surface area contributed by atoms with E-state index in [-0.39, 0.29) is 12.2 Å². The smallest absolute Gasteiger partial charge is 0.245 e. The molecule has 0 radical (unpaired) electrons. The summed E-state index contributed by atoms with van der Waals surface area (Å²) < 4.78 is 0. The summed E-state index contributed by atoms with van der Waals surface area (Å²) in [6, 6.07) is 9.22. The lowest BCUT2D eigenvalue weighted by Gasteiger charge is -2.26. The van der Waals surface area contributed by atoms with Gasteiger partial charge in [-0.2, -0.15) is 0 Å². The van der Waals surface area contributed by atoms with Crippen LogP contribution in [0.25, 0.3) is 5.57 Å². The van der Waals surface area contributed by atoms with Crippen LogP contribution < -0.4 is 5.73 Å². The van der Waals surface area contributed by atoms with Gasteiger partial charge in [-0.15, -0.1) is 0 Å². The molecule has 1 amide bonds. The molecule has 1 aromatic rings. The van der Waals surface area contributed by atoms with Gasteiger partial charge in [-0.05, 0) is 18.4 Å². The van der Waals surface area contributed by atoms with Crippen LogP contribution >= 0.6 is 0 Å². The van der Waals surface area contributed by atoms with Crippen LogP contribution in [0.4, 0.5) is 0 Å². The first-order valence-electron chi connectivity index (χ1n) is 6.38. The number of amides is 1. The lowest BCUT2D eigenvalue weighted by molar-refractivity contribution is -0.122. The Hall–Kier alpha value is -1.94. The van der Waals surface area contributed by atoms with Gasteiger partial charge in [0.15, 0.2) is 0 Å². The summed E-state index contributed by atoms with van der Waals surface area (Å²) in [5.74, 6) is -1.04. The third-order valence-corrected chi connectivity index (χ3v) is 4.22. The summed E-state index contributed by atoms with van der Waals surface area (Å²) in [6.45, 7) is 0. The number of nitrogens with two attached hydrogens (primary N) is 1. The van der Waals surface area contributed by atoms with Crippen LogP contribution in [0.5, 0.6) is 0 Å². The van der Waals surface area contributed by atoms with Crippen LogP contribution in [0.1, 0.15) is 24.8 Å². The van der Waals surface area contributed by atoms with Crippen LogP contribution in [0.2, 0.25) is 0 Å². The number of benzene rings is 1. The Morgan fingerprint density at radius 3 is 2.63 bits per heavy atom. The highest BCUT2D eigenvalue weighted by Gasteiger charge is 2.55. The number of hydrogen-bond donors (Lipinski definition) is 2. The molecule has 2 atom stereocenters. The molecular formula is C15H15NO3. The fourth-order valence-corrected chi connectivity index (χ4v) is 3.33. The molecule has 0 bridgehead atoms. The first-order valence-corrected chi connectivity index (χ1v) is 6.38. The zero-order chi connectivity index (χ0) is 13.6. The Morgan fingerprint density at radius 2 is 2.00 bits per heavy atom. The summed E-state index contributed by atoms with van der Waals surface area (Å²) >= 11 is 0. The Bertz CT molecular complexity index is 591. The number of carbonyl (C=O) groups is 2. The Kier molecular flexibility index (Phi) is 2.57. The van der Waals surface area contributed by atoms with Crippen molar-refractivity contribution in [3.8, 4) is 0 Å². The van der Waals surface area contributed by atoms with Crippen molar-refractivity contribution in [3.05, 3.63) is 41.5 Å². The molecule has 2 aliphatic carbocycles. The van der Waals surface area contributed by atoms with Crippen LogP contribution in [-0.4, -0.2) is 22.4 Å². The number of aliphatic hydroxyl groups is 1. The van der Waals surface area contributed by atoms with Crippen molar-refractivity contribution in [1.29, 1.82) is 0 Å².